The molecule has 3 N–H and O–H groups in total. The molecule has 0 bridgehead atoms. The zero-order chi connectivity index (χ0) is 11.0. The van der Waals surface area contributed by atoms with Gasteiger partial charge in [-0.15, -0.1) is 0 Å². The molecule has 0 aliphatic rings. The Morgan fingerprint density at radius 2 is 2.00 bits per heavy atom. The molecule has 2 rings (SSSR count). The van der Waals surface area contributed by atoms with Crippen molar-refractivity contribution in [2.75, 3.05) is 12.8 Å². The number of anilines is 1. The van der Waals surface area contributed by atoms with Crippen molar-refractivity contribution < 1.29 is 9.84 Å². The summed E-state index contributed by atoms with van der Waals surface area (Å²) in [5.41, 5.74) is 7.02. The Labute approximate surface area is 88.1 Å². The van der Waals surface area contributed by atoms with E-state index in [9.17, 15) is 5.11 Å². The van der Waals surface area contributed by atoms with Gasteiger partial charge in [-0.3, -0.25) is 0 Å². The van der Waals surface area contributed by atoms with Crippen LogP contribution in [0.5, 0.6) is 11.5 Å². The minimum atomic E-state index is 0.160. The number of hydrogen-bond acceptors (Lipinski definition) is 3. The number of methoxy groups -OCH3 is 1. The Bertz CT molecular complexity index is 521. The Morgan fingerprint density at radius 1 is 1.27 bits per heavy atom. The molecule has 0 aliphatic carbocycles. The Kier molecular flexibility index (Phi) is 2.15. The highest BCUT2D eigenvalue weighted by Crippen LogP contribution is 2.34. The van der Waals surface area contributed by atoms with E-state index in [2.05, 4.69) is 0 Å². The molecule has 0 aromatic heterocycles. The van der Waals surface area contributed by atoms with Crippen LogP contribution in [-0.2, 0) is 0 Å². The van der Waals surface area contributed by atoms with Crippen LogP contribution in [0.2, 0.25) is 0 Å². The van der Waals surface area contributed by atoms with Crippen LogP contribution in [0.15, 0.2) is 24.3 Å². The first-order valence-electron chi connectivity index (χ1n) is 4.69. The standard InChI is InChI=1S/C12H13NO2/c1-7-5-8-6-9(15-2)3-4-10(8)11(13)12(7)14/h3-6,14H,13H2,1-2H3. The van der Waals surface area contributed by atoms with Gasteiger partial charge in [0.1, 0.15) is 11.5 Å². The summed E-state index contributed by atoms with van der Waals surface area (Å²) in [6.07, 6.45) is 0. The van der Waals surface area contributed by atoms with Crippen LogP contribution in [0, 0.1) is 6.92 Å². The van der Waals surface area contributed by atoms with Gasteiger partial charge in [-0.1, -0.05) is 0 Å². The number of ether oxygens (including phenoxy) is 1. The second-order valence-corrected chi connectivity index (χ2v) is 3.54. The molecule has 0 radical (unpaired) electrons. The van der Waals surface area contributed by atoms with E-state index in [0.717, 1.165) is 22.1 Å². The number of phenols is 1. The maximum atomic E-state index is 9.67. The zero-order valence-corrected chi connectivity index (χ0v) is 8.74. The summed E-state index contributed by atoms with van der Waals surface area (Å²) >= 11 is 0. The number of fused-ring (bicyclic) bond motifs is 1. The van der Waals surface area contributed by atoms with E-state index in [1.54, 1.807) is 7.11 Å². The quantitative estimate of drug-likeness (QED) is 0.553. The highest BCUT2D eigenvalue weighted by Gasteiger charge is 2.07. The van der Waals surface area contributed by atoms with Crippen LogP contribution in [-0.4, -0.2) is 12.2 Å². The van der Waals surface area contributed by atoms with Crippen molar-refractivity contribution in [2.24, 2.45) is 0 Å². The van der Waals surface area contributed by atoms with Crippen LogP contribution in [0.3, 0.4) is 0 Å². The molecule has 0 atom stereocenters. The predicted octanol–water partition coefficient (Wildman–Crippen LogP) is 2.44. The van der Waals surface area contributed by atoms with Crippen LogP contribution in [0.1, 0.15) is 5.56 Å². The van der Waals surface area contributed by atoms with Gasteiger partial charge in [0.05, 0.1) is 12.8 Å². The molecule has 78 valence electrons. The number of nitrogen functional groups attached to an aromatic ring is 1. The van der Waals surface area contributed by atoms with Crippen LogP contribution >= 0.6 is 0 Å². The molecule has 15 heavy (non-hydrogen) atoms. The lowest BCUT2D eigenvalue weighted by molar-refractivity contribution is 0.415. The lowest BCUT2D eigenvalue weighted by Gasteiger charge is -2.09. The van der Waals surface area contributed by atoms with Crippen LogP contribution < -0.4 is 10.5 Å². The van der Waals surface area contributed by atoms with Gasteiger partial charge in [0.15, 0.2) is 0 Å². The van der Waals surface area contributed by atoms with Gasteiger partial charge in [0.2, 0.25) is 0 Å². The summed E-state index contributed by atoms with van der Waals surface area (Å²) in [7, 11) is 1.62. The minimum Gasteiger partial charge on any atom is -0.505 e. The first kappa shape index (κ1) is 9.65. The summed E-state index contributed by atoms with van der Waals surface area (Å²) in [6.45, 7) is 1.82. The Morgan fingerprint density at radius 3 is 2.67 bits per heavy atom. The fraction of sp³-hybridized carbons (Fsp3) is 0.167. The molecule has 3 heteroatoms. The molecule has 0 heterocycles. The Hall–Kier alpha value is -1.90. The van der Waals surface area contributed by atoms with E-state index in [0.29, 0.717) is 5.69 Å². The van der Waals surface area contributed by atoms with Gasteiger partial charge >= 0.3 is 0 Å². The molecule has 0 saturated heterocycles. The van der Waals surface area contributed by atoms with Crippen LogP contribution in [0.25, 0.3) is 10.8 Å². The lowest BCUT2D eigenvalue weighted by Crippen LogP contribution is -1.91. The molecular formula is C12H13NO2. The third-order valence-electron chi connectivity index (χ3n) is 2.55. The van der Waals surface area contributed by atoms with Gasteiger partial charge in [0.25, 0.3) is 0 Å². The first-order chi connectivity index (χ1) is 7.13. The molecule has 0 unspecified atom stereocenters. The second-order valence-electron chi connectivity index (χ2n) is 3.54. The van der Waals surface area contributed by atoms with Crippen molar-refractivity contribution in [3.05, 3.63) is 29.8 Å². The first-order valence-corrected chi connectivity index (χ1v) is 4.69. The van der Waals surface area contributed by atoms with Crippen LogP contribution in [0.4, 0.5) is 5.69 Å². The van der Waals surface area contributed by atoms with E-state index < -0.39 is 0 Å². The Balaban J connectivity index is 2.80. The van der Waals surface area contributed by atoms with Crippen molar-refractivity contribution in [2.45, 2.75) is 6.92 Å². The van der Waals surface area contributed by atoms with E-state index in [-0.39, 0.29) is 5.75 Å². The van der Waals surface area contributed by atoms with E-state index in [4.69, 9.17) is 10.5 Å². The number of aromatic hydroxyl groups is 1. The molecule has 0 saturated carbocycles. The fourth-order valence-corrected chi connectivity index (χ4v) is 1.67. The van der Waals surface area contributed by atoms with Crippen molar-refractivity contribution in [1.29, 1.82) is 0 Å². The zero-order valence-electron chi connectivity index (χ0n) is 8.74. The largest absolute Gasteiger partial charge is 0.505 e. The van der Waals surface area contributed by atoms with Crippen molar-refractivity contribution in [3.63, 3.8) is 0 Å². The van der Waals surface area contributed by atoms with Gasteiger partial charge in [-0.25, -0.2) is 0 Å². The van der Waals surface area contributed by atoms with Gasteiger partial charge in [0, 0.05) is 5.39 Å². The number of rotatable bonds is 1. The van der Waals surface area contributed by atoms with Gasteiger partial charge in [-0.2, -0.15) is 0 Å². The topological polar surface area (TPSA) is 55.5 Å². The molecule has 2 aromatic rings. The van der Waals surface area contributed by atoms with E-state index >= 15 is 0 Å². The highest BCUT2D eigenvalue weighted by molar-refractivity contribution is 5.97. The number of aryl methyl sites for hydroxylation is 1. The molecule has 3 nitrogen and oxygen atoms in total. The number of phenolic OH excluding ortho intramolecular Hbond substituents is 1. The monoisotopic (exact) mass is 203 g/mol. The molecule has 0 spiro atoms. The fourth-order valence-electron chi connectivity index (χ4n) is 1.67. The summed E-state index contributed by atoms with van der Waals surface area (Å²) in [4.78, 5) is 0. The normalized spacial score (nSPS) is 10.5. The summed E-state index contributed by atoms with van der Waals surface area (Å²) < 4.78 is 5.13. The maximum Gasteiger partial charge on any atom is 0.142 e. The average Bonchev–Trinajstić information content (AvgIpc) is 2.25. The van der Waals surface area contributed by atoms with Gasteiger partial charge < -0.3 is 15.6 Å². The summed E-state index contributed by atoms with van der Waals surface area (Å²) in [5.74, 6) is 0.944. The molecule has 0 fully saturated rings. The number of hydrogen-bond donors (Lipinski definition) is 2. The SMILES string of the molecule is COc1ccc2c(N)c(O)c(C)cc2c1. The molecular weight excluding hydrogens is 190 g/mol. The summed E-state index contributed by atoms with van der Waals surface area (Å²) in [5, 5.41) is 11.5. The number of benzene rings is 2. The third kappa shape index (κ3) is 1.46. The maximum absolute atomic E-state index is 9.67. The van der Waals surface area contributed by atoms with Crippen molar-refractivity contribution in [3.8, 4) is 11.5 Å². The van der Waals surface area contributed by atoms with Crippen molar-refractivity contribution >= 4 is 16.5 Å². The minimum absolute atomic E-state index is 0.160. The number of nitrogens with two attached hydrogens (primary N) is 1. The van der Waals surface area contributed by atoms with Crippen molar-refractivity contribution in [1.82, 2.24) is 0 Å². The van der Waals surface area contributed by atoms with E-state index in [1.165, 1.54) is 0 Å². The smallest absolute Gasteiger partial charge is 0.142 e. The predicted molar refractivity (Wildman–Crippen MR) is 61.3 cm³/mol. The van der Waals surface area contributed by atoms with Gasteiger partial charge in [-0.05, 0) is 42.1 Å². The molecule has 0 amide bonds. The average molecular weight is 203 g/mol. The molecule has 2 aromatic carbocycles. The molecule has 0 aliphatic heterocycles. The third-order valence-corrected chi connectivity index (χ3v) is 2.55. The summed E-state index contributed by atoms with van der Waals surface area (Å²) in [6, 6.07) is 7.47. The van der Waals surface area contributed by atoms with E-state index in [1.807, 2.05) is 31.2 Å². The second kappa shape index (κ2) is 3.35. The lowest BCUT2D eigenvalue weighted by atomic mass is 10.0. The highest BCUT2D eigenvalue weighted by atomic mass is 16.5.